The molecule has 6 heteroatoms. The SMILES string of the molecule is O=C1C=Cc2ccccc2C1=Cc1c(O)n(-c2ccccc2)c(=O)n(-c2ccccc2)c1=O. The summed E-state index contributed by atoms with van der Waals surface area (Å²) in [7, 11) is 0. The van der Waals surface area contributed by atoms with E-state index in [4.69, 9.17) is 0 Å². The molecule has 0 aliphatic heterocycles. The first kappa shape index (κ1) is 20.2. The third-order valence-corrected chi connectivity index (χ3v) is 5.52. The van der Waals surface area contributed by atoms with Crippen LogP contribution < -0.4 is 11.2 Å². The Morgan fingerprint density at radius 1 is 0.667 bits per heavy atom. The molecule has 3 aromatic carbocycles. The molecule has 1 aliphatic rings. The summed E-state index contributed by atoms with van der Waals surface area (Å²) in [6, 6.07) is 24.3. The molecular weight excluding hydrogens is 416 g/mol. The van der Waals surface area contributed by atoms with E-state index in [1.54, 1.807) is 78.9 Å². The van der Waals surface area contributed by atoms with Crippen LogP contribution in [0.1, 0.15) is 16.7 Å². The fraction of sp³-hybridized carbons (Fsp3) is 0. The monoisotopic (exact) mass is 434 g/mol. The van der Waals surface area contributed by atoms with E-state index in [0.717, 1.165) is 14.7 Å². The van der Waals surface area contributed by atoms with Gasteiger partial charge in [-0.25, -0.2) is 13.9 Å². The van der Waals surface area contributed by atoms with Crippen molar-refractivity contribution < 1.29 is 9.90 Å². The number of ketones is 1. The Balaban J connectivity index is 1.87. The van der Waals surface area contributed by atoms with Crippen LogP contribution in [-0.4, -0.2) is 20.0 Å². The first-order valence-corrected chi connectivity index (χ1v) is 10.3. The molecule has 160 valence electrons. The largest absolute Gasteiger partial charge is 0.494 e. The molecule has 33 heavy (non-hydrogen) atoms. The van der Waals surface area contributed by atoms with E-state index in [1.807, 2.05) is 12.1 Å². The van der Waals surface area contributed by atoms with Crippen molar-refractivity contribution in [2.45, 2.75) is 0 Å². The average molecular weight is 434 g/mol. The van der Waals surface area contributed by atoms with Crippen LogP contribution in [0.25, 0.3) is 29.1 Å². The van der Waals surface area contributed by atoms with Gasteiger partial charge in [-0.2, -0.15) is 0 Å². The predicted octanol–water partition coefficient (Wildman–Crippen LogP) is 3.83. The Kier molecular flexibility index (Phi) is 4.95. The van der Waals surface area contributed by atoms with Gasteiger partial charge in [0, 0.05) is 5.57 Å². The van der Waals surface area contributed by atoms with E-state index in [-0.39, 0.29) is 16.9 Å². The van der Waals surface area contributed by atoms with Crippen molar-refractivity contribution >= 4 is 23.5 Å². The van der Waals surface area contributed by atoms with E-state index in [0.29, 0.717) is 16.9 Å². The lowest BCUT2D eigenvalue weighted by Gasteiger charge is -2.16. The molecule has 1 heterocycles. The standard InChI is InChI=1S/C27H18N2O4/c30-24-16-15-18-9-7-8-14-21(18)22(24)17-23-25(31)28(19-10-3-1-4-11-19)27(33)29(26(23)32)20-12-5-2-6-13-20/h1-17,31H. The molecule has 5 rings (SSSR count). The molecule has 0 spiro atoms. The zero-order valence-corrected chi connectivity index (χ0v) is 17.4. The number of hydrogen-bond acceptors (Lipinski definition) is 4. The van der Waals surface area contributed by atoms with Crippen molar-refractivity contribution in [3.05, 3.63) is 129 Å². The van der Waals surface area contributed by atoms with Crippen LogP contribution >= 0.6 is 0 Å². The minimum absolute atomic E-state index is 0.157. The predicted molar refractivity (Wildman–Crippen MR) is 128 cm³/mol. The molecule has 1 N–H and O–H groups in total. The lowest BCUT2D eigenvalue weighted by atomic mass is 9.90. The number of aromatic nitrogens is 2. The molecule has 4 aromatic rings. The first-order chi connectivity index (χ1) is 16.1. The molecule has 0 bridgehead atoms. The molecule has 0 saturated carbocycles. The number of fused-ring (bicyclic) bond motifs is 1. The van der Waals surface area contributed by atoms with Gasteiger partial charge in [-0.15, -0.1) is 0 Å². The van der Waals surface area contributed by atoms with Gasteiger partial charge >= 0.3 is 5.69 Å². The van der Waals surface area contributed by atoms with Crippen molar-refractivity contribution in [2.75, 3.05) is 0 Å². The molecule has 0 amide bonds. The molecular formula is C27H18N2O4. The van der Waals surface area contributed by atoms with Crippen LogP contribution in [0.2, 0.25) is 0 Å². The quantitative estimate of drug-likeness (QED) is 0.497. The van der Waals surface area contributed by atoms with Gasteiger partial charge in [0.25, 0.3) is 5.56 Å². The fourth-order valence-corrected chi connectivity index (χ4v) is 3.92. The molecule has 6 nitrogen and oxygen atoms in total. The van der Waals surface area contributed by atoms with Crippen molar-refractivity contribution in [3.8, 4) is 17.3 Å². The molecule has 0 saturated heterocycles. The van der Waals surface area contributed by atoms with Crippen LogP contribution in [-0.2, 0) is 4.79 Å². The van der Waals surface area contributed by atoms with E-state index in [2.05, 4.69) is 0 Å². The minimum Gasteiger partial charge on any atom is -0.494 e. The minimum atomic E-state index is -0.719. The van der Waals surface area contributed by atoms with Crippen molar-refractivity contribution in [1.82, 2.24) is 9.13 Å². The third kappa shape index (κ3) is 3.43. The normalized spacial score (nSPS) is 13.8. The van der Waals surface area contributed by atoms with E-state index < -0.39 is 17.1 Å². The molecule has 0 fully saturated rings. The summed E-state index contributed by atoms with van der Waals surface area (Å²) < 4.78 is 2.06. The van der Waals surface area contributed by atoms with Gasteiger partial charge in [0.05, 0.1) is 11.4 Å². The van der Waals surface area contributed by atoms with Gasteiger partial charge < -0.3 is 5.11 Å². The van der Waals surface area contributed by atoms with Crippen molar-refractivity contribution in [2.24, 2.45) is 0 Å². The van der Waals surface area contributed by atoms with Crippen LogP contribution in [0.5, 0.6) is 5.88 Å². The number of carbonyl (C=O) groups is 1. The number of rotatable bonds is 3. The maximum absolute atomic E-state index is 13.5. The Morgan fingerprint density at radius 2 is 1.24 bits per heavy atom. The maximum atomic E-state index is 13.5. The zero-order valence-electron chi connectivity index (χ0n) is 17.4. The van der Waals surface area contributed by atoms with Crippen LogP contribution in [0.3, 0.4) is 0 Å². The average Bonchev–Trinajstić information content (AvgIpc) is 2.84. The van der Waals surface area contributed by atoms with Gasteiger partial charge in [-0.3, -0.25) is 9.59 Å². The Morgan fingerprint density at radius 3 is 1.91 bits per heavy atom. The number of benzene rings is 3. The van der Waals surface area contributed by atoms with Gasteiger partial charge in [0.1, 0.15) is 5.56 Å². The highest BCUT2D eigenvalue weighted by atomic mass is 16.3. The maximum Gasteiger partial charge on any atom is 0.343 e. The Bertz CT molecular complexity index is 1560. The number of hydrogen-bond donors (Lipinski definition) is 1. The smallest absolute Gasteiger partial charge is 0.343 e. The highest BCUT2D eigenvalue weighted by Gasteiger charge is 2.23. The second-order valence-electron chi connectivity index (χ2n) is 7.51. The summed E-state index contributed by atoms with van der Waals surface area (Å²) in [5.41, 5.74) is 0.881. The van der Waals surface area contributed by atoms with Gasteiger partial charge in [-0.1, -0.05) is 66.7 Å². The summed E-state index contributed by atoms with van der Waals surface area (Å²) in [5, 5.41) is 11.1. The second-order valence-corrected chi connectivity index (χ2v) is 7.51. The summed E-state index contributed by atoms with van der Waals surface area (Å²) >= 11 is 0. The second kappa shape index (κ2) is 8.09. The van der Waals surface area contributed by atoms with Crippen LogP contribution in [0, 0.1) is 0 Å². The van der Waals surface area contributed by atoms with Gasteiger partial charge in [-0.05, 0) is 47.5 Å². The van der Waals surface area contributed by atoms with Crippen LogP contribution in [0.15, 0.2) is 101 Å². The van der Waals surface area contributed by atoms with E-state index >= 15 is 0 Å². The van der Waals surface area contributed by atoms with Crippen molar-refractivity contribution in [1.29, 1.82) is 0 Å². The Hall–Kier alpha value is -4.71. The number of allylic oxidation sites excluding steroid dienone is 2. The first-order valence-electron chi connectivity index (χ1n) is 10.3. The highest BCUT2D eigenvalue weighted by Crippen LogP contribution is 2.30. The lowest BCUT2D eigenvalue weighted by Crippen LogP contribution is -2.39. The van der Waals surface area contributed by atoms with Crippen molar-refractivity contribution in [3.63, 3.8) is 0 Å². The number of para-hydroxylation sites is 2. The summed E-state index contributed by atoms with van der Waals surface area (Å²) in [6.45, 7) is 0. The van der Waals surface area contributed by atoms with Crippen LogP contribution in [0.4, 0.5) is 0 Å². The topological polar surface area (TPSA) is 81.3 Å². The number of nitrogens with zero attached hydrogens (tertiary/aromatic N) is 2. The molecule has 0 radical (unpaired) electrons. The fourth-order valence-electron chi connectivity index (χ4n) is 3.92. The summed E-state index contributed by atoms with van der Waals surface area (Å²) in [4.78, 5) is 39.6. The van der Waals surface area contributed by atoms with E-state index in [1.165, 1.54) is 12.2 Å². The molecule has 1 aliphatic carbocycles. The third-order valence-electron chi connectivity index (χ3n) is 5.52. The number of aromatic hydroxyl groups is 1. The van der Waals surface area contributed by atoms with E-state index in [9.17, 15) is 19.5 Å². The molecule has 1 aromatic heterocycles. The lowest BCUT2D eigenvalue weighted by molar-refractivity contribution is -0.109. The molecule has 0 atom stereocenters. The summed E-state index contributed by atoms with van der Waals surface area (Å²) in [5.74, 6) is -0.827. The number of carbonyl (C=O) groups excluding carboxylic acids is 1. The Labute approximate surface area is 188 Å². The summed E-state index contributed by atoms with van der Waals surface area (Å²) in [6.07, 6.45) is 4.50. The van der Waals surface area contributed by atoms with Gasteiger partial charge in [0.15, 0.2) is 5.78 Å². The molecule has 0 unspecified atom stereocenters. The van der Waals surface area contributed by atoms with Gasteiger partial charge in [0.2, 0.25) is 5.88 Å². The zero-order chi connectivity index (χ0) is 22.9. The highest BCUT2D eigenvalue weighted by molar-refractivity contribution is 6.33.